The van der Waals surface area contributed by atoms with Crippen molar-refractivity contribution < 1.29 is 0 Å². The molecule has 1 heteroatoms. The van der Waals surface area contributed by atoms with Crippen molar-refractivity contribution in [1.82, 2.24) is 0 Å². The summed E-state index contributed by atoms with van der Waals surface area (Å²) in [4.78, 5) is 0. The van der Waals surface area contributed by atoms with Gasteiger partial charge < -0.3 is 0 Å². The Labute approximate surface area is 74.8 Å². The van der Waals surface area contributed by atoms with Crippen LogP contribution >= 0.6 is 11.8 Å². The molecular formula is C10H18S. The Morgan fingerprint density at radius 3 is 1.64 bits per heavy atom. The van der Waals surface area contributed by atoms with Crippen molar-refractivity contribution in [3.63, 3.8) is 0 Å². The molecule has 0 nitrogen and oxygen atoms in total. The SMILES string of the molecule is C=C(C)CCSCCC(=C)C. The summed E-state index contributed by atoms with van der Waals surface area (Å²) < 4.78 is 0. The summed E-state index contributed by atoms with van der Waals surface area (Å²) in [5.41, 5.74) is 2.57. The second-order valence-corrected chi connectivity index (χ2v) is 4.25. The fourth-order valence-electron chi connectivity index (χ4n) is 0.595. The molecule has 0 fully saturated rings. The molecule has 0 aliphatic heterocycles. The lowest BCUT2D eigenvalue weighted by atomic mass is 10.3. The highest BCUT2D eigenvalue weighted by Crippen LogP contribution is 2.10. The van der Waals surface area contributed by atoms with Crippen LogP contribution in [0.5, 0.6) is 0 Å². The zero-order chi connectivity index (χ0) is 8.69. The summed E-state index contributed by atoms with van der Waals surface area (Å²) >= 11 is 1.99. The molecule has 0 N–H and O–H groups in total. The van der Waals surface area contributed by atoms with Crippen LogP contribution in [0.2, 0.25) is 0 Å². The quantitative estimate of drug-likeness (QED) is 0.433. The minimum atomic E-state index is 1.15. The molecule has 0 bridgehead atoms. The van der Waals surface area contributed by atoms with Crippen LogP contribution in [0.1, 0.15) is 26.7 Å². The molecule has 0 aliphatic carbocycles. The van der Waals surface area contributed by atoms with Crippen molar-refractivity contribution in [1.29, 1.82) is 0 Å². The molecular weight excluding hydrogens is 152 g/mol. The molecule has 0 amide bonds. The van der Waals surface area contributed by atoms with Gasteiger partial charge in [-0.15, -0.1) is 13.2 Å². The second kappa shape index (κ2) is 6.53. The van der Waals surface area contributed by atoms with E-state index in [1.54, 1.807) is 0 Å². The van der Waals surface area contributed by atoms with Gasteiger partial charge in [-0.3, -0.25) is 0 Å². The lowest BCUT2D eigenvalue weighted by Crippen LogP contribution is -1.85. The van der Waals surface area contributed by atoms with E-state index in [0.29, 0.717) is 0 Å². The van der Waals surface area contributed by atoms with Crippen LogP contribution in [0.4, 0.5) is 0 Å². The summed E-state index contributed by atoms with van der Waals surface area (Å²) in [5.74, 6) is 2.42. The van der Waals surface area contributed by atoms with Crippen molar-refractivity contribution >= 4 is 11.8 Å². The highest BCUT2D eigenvalue weighted by molar-refractivity contribution is 7.99. The van der Waals surface area contributed by atoms with Crippen LogP contribution in [0.25, 0.3) is 0 Å². The highest BCUT2D eigenvalue weighted by atomic mass is 32.2. The van der Waals surface area contributed by atoms with Crippen LogP contribution in [-0.4, -0.2) is 11.5 Å². The topological polar surface area (TPSA) is 0 Å². The molecule has 0 unspecified atom stereocenters. The van der Waals surface area contributed by atoms with Crippen molar-refractivity contribution in [3.8, 4) is 0 Å². The molecule has 0 aromatic rings. The van der Waals surface area contributed by atoms with Crippen molar-refractivity contribution in [2.45, 2.75) is 26.7 Å². The monoisotopic (exact) mass is 170 g/mol. The molecule has 0 saturated carbocycles. The predicted octanol–water partition coefficient (Wildman–Crippen LogP) is 3.65. The highest BCUT2D eigenvalue weighted by Gasteiger charge is 1.90. The molecule has 0 rings (SSSR count). The largest absolute Gasteiger partial charge is 0.161 e. The fraction of sp³-hybridized carbons (Fsp3) is 0.600. The first kappa shape index (κ1) is 10.8. The van der Waals surface area contributed by atoms with Crippen molar-refractivity contribution in [2.24, 2.45) is 0 Å². The van der Waals surface area contributed by atoms with Gasteiger partial charge in [0, 0.05) is 0 Å². The summed E-state index contributed by atoms with van der Waals surface area (Å²) in [5, 5.41) is 0. The van der Waals surface area contributed by atoms with Crippen molar-refractivity contribution in [3.05, 3.63) is 24.3 Å². The third-order valence-corrected chi connectivity index (χ3v) is 2.33. The van der Waals surface area contributed by atoms with E-state index in [0.717, 1.165) is 12.8 Å². The molecule has 0 saturated heterocycles. The Balaban J connectivity index is 3.03. The number of thioether (sulfide) groups is 1. The summed E-state index contributed by atoms with van der Waals surface area (Å²) in [6.45, 7) is 11.9. The lowest BCUT2D eigenvalue weighted by molar-refractivity contribution is 1.10. The van der Waals surface area contributed by atoms with Crippen molar-refractivity contribution in [2.75, 3.05) is 11.5 Å². The van der Waals surface area contributed by atoms with Gasteiger partial charge in [-0.05, 0) is 38.2 Å². The van der Waals surface area contributed by atoms with E-state index in [1.807, 2.05) is 11.8 Å². The van der Waals surface area contributed by atoms with Gasteiger partial charge in [0.05, 0.1) is 0 Å². The Kier molecular flexibility index (Phi) is 6.43. The number of rotatable bonds is 6. The normalized spacial score (nSPS) is 9.64. The van der Waals surface area contributed by atoms with E-state index >= 15 is 0 Å². The first-order valence-electron chi connectivity index (χ1n) is 3.99. The van der Waals surface area contributed by atoms with E-state index in [9.17, 15) is 0 Å². The summed E-state index contributed by atoms with van der Waals surface area (Å²) in [6.07, 6.45) is 2.31. The molecule has 0 aliphatic rings. The zero-order valence-corrected chi connectivity index (χ0v) is 8.47. The van der Waals surface area contributed by atoms with Gasteiger partial charge in [-0.1, -0.05) is 11.1 Å². The van der Waals surface area contributed by atoms with Crippen LogP contribution in [0.3, 0.4) is 0 Å². The van der Waals surface area contributed by atoms with Gasteiger partial charge in [-0.2, -0.15) is 11.8 Å². The molecule has 0 spiro atoms. The van der Waals surface area contributed by atoms with E-state index in [2.05, 4.69) is 27.0 Å². The molecule has 0 aromatic heterocycles. The number of allylic oxidation sites excluding steroid dienone is 2. The first-order chi connectivity index (χ1) is 5.13. The van der Waals surface area contributed by atoms with Gasteiger partial charge in [0.25, 0.3) is 0 Å². The molecule has 64 valence electrons. The molecule has 11 heavy (non-hydrogen) atoms. The third kappa shape index (κ3) is 9.83. The summed E-state index contributed by atoms with van der Waals surface area (Å²) in [7, 11) is 0. The lowest BCUT2D eigenvalue weighted by Gasteiger charge is -2.00. The standard InChI is InChI=1S/C10H18S/c1-9(2)5-7-11-8-6-10(3)4/h1,3,5-8H2,2,4H3. The third-order valence-electron chi connectivity index (χ3n) is 1.35. The fourth-order valence-corrected chi connectivity index (χ4v) is 1.78. The Hall–Kier alpha value is -0.170. The van der Waals surface area contributed by atoms with Gasteiger partial charge in [0.15, 0.2) is 0 Å². The second-order valence-electron chi connectivity index (χ2n) is 3.03. The van der Waals surface area contributed by atoms with Crippen LogP contribution < -0.4 is 0 Å². The summed E-state index contributed by atoms with van der Waals surface area (Å²) in [6, 6.07) is 0. The maximum absolute atomic E-state index is 3.86. The molecule has 0 atom stereocenters. The average molecular weight is 170 g/mol. The maximum Gasteiger partial charge on any atom is -0.00303 e. The van der Waals surface area contributed by atoms with Gasteiger partial charge in [0.2, 0.25) is 0 Å². The number of hydrogen-bond acceptors (Lipinski definition) is 1. The van der Waals surface area contributed by atoms with E-state index in [4.69, 9.17) is 0 Å². The van der Waals surface area contributed by atoms with E-state index < -0.39 is 0 Å². The van der Waals surface area contributed by atoms with E-state index in [1.165, 1.54) is 22.7 Å². The molecule has 0 radical (unpaired) electrons. The first-order valence-corrected chi connectivity index (χ1v) is 5.15. The van der Waals surface area contributed by atoms with Crippen LogP contribution in [-0.2, 0) is 0 Å². The zero-order valence-electron chi connectivity index (χ0n) is 7.65. The molecule has 0 aromatic carbocycles. The van der Waals surface area contributed by atoms with Gasteiger partial charge in [0.1, 0.15) is 0 Å². The Morgan fingerprint density at radius 1 is 1.00 bits per heavy atom. The smallest absolute Gasteiger partial charge is 0.00303 e. The molecule has 0 heterocycles. The minimum Gasteiger partial charge on any atom is -0.161 e. The van der Waals surface area contributed by atoms with Crippen LogP contribution in [0, 0.1) is 0 Å². The van der Waals surface area contributed by atoms with Gasteiger partial charge >= 0.3 is 0 Å². The number of hydrogen-bond donors (Lipinski definition) is 0. The average Bonchev–Trinajstić information content (AvgIpc) is 1.85. The minimum absolute atomic E-state index is 1.15. The maximum atomic E-state index is 3.86. The Bertz CT molecular complexity index is 120. The predicted molar refractivity (Wildman–Crippen MR) is 56.2 cm³/mol. The van der Waals surface area contributed by atoms with E-state index in [-0.39, 0.29) is 0 Å². The Morgan fingerprint density at radius 2 is 1.36 bits per heavy atom. The van der Waals surface area contributed by atoms with Gasteiger partial charge in [-0.25, -0.2) is 0 Å². The van der Waals surface area contributed by atoms with Crippen LogP contribution in [0.15, 0.2) is 24.3 Å².